The number of benzene rings is 2. The van der Waals surface area contributed by atoms with Gasteiger partial charge in [-0.1, -0.05) is 36.7 Å². The predicted octanol–water partition coefficient (Wildman–Crippen LogP) is 4.56. The molecule has 0 aromatic heterocycles. The minimum Gasteiger partial charge on any atom is -0.313 e. The normalized spacial score (nSPS) is 10.7. The minimum atomic E-state index is -0.180. The van der Waals surface area contributed by atoms with Gasteiger partial charge in [-0.25, -0.2) is 4.39 Å². The lowest BCUT2D eigenvalue weighted by molar-refractivity contribution is 0.619. The van der Waals surface area contributed by atoms with E-state index in [-0.39, 0.29) is 5.82 Å². The maximum absolute atomic E-state index is 13.6. The highest BCUT2D eigenvalue weighted by Gasteiger charge is 2.06. The summed E-state index contributed by atoms with van der Waals surface area (Å²) in [5, 5.41) is 3.98. The van der Waals surface area contributed by atoms with Crippen LogP contribution in [0.5, 0.6) is 0 Å². The molecule has 0 spiro atoms. The maximum atomic E-state index is 13.6. The highest BCUT2D eigenvalue weighted by atomic mass is 35.5. The molecule has 1 N–H and O–H groups in total. The molecular weight excluding hydrogens is 261 g/mol. The highest BCUT2D eigenvalue weighted by Crippen LogP contribution is 2.26. The average molecular weight is 278 g/mol. The number of aryl methyl sites for hydroxylation is 1. The second-order valence-corrected chi connectivity index (χ2v) is 4.96. The summed E-state index contributed by atoms with van der Waals surface area (Å²) in [5.74, 6) is -0.180. The molecule has 0 saturated carbocycles. The Morgan fingerprint density at radius 3 is 2.47 bits per heavy atom. The fourth-order valence-corrected chi connectivity index (χ4v) is 2.11. The average Bonchev–Trinajstić information content (AvgIpc) is 2.41. The fourth-order valence-electron chi connectivity index (χ4n) is 1.92. The lowest BCUT2D eigenvalue weighted by atomic mass is 10.0. The van der Waals surface area contributed by atoms with Crippen LogP contribution in [-0.2, 0) is 6.54 Å². The van der Waals surface area contributed by atoms with Crippen molar-refractivity contribution >= 4 is 11.6 Å². The molecule has 0 unspecified atom stereocenters. The third-order valence-corrected chi connectivity index (χ3v) is 3.49. The third kappa shape index (κ3) is 3.34. The number of nitrogens with one attached hydrogen (secondary N) is 1. The van der Waals surface area contributed by atoms with Crippen LogP contribution in [0.15, 0.2) is 36.4 Å². The Morgan fingerprint density at radius 2 is 1.79 bits per heavy atom. The van der Waals surface area contributed by atoms with E-state index in [1.807, 2.05) is 31.2 Å². The van der Waals surface area contributed by atoms with E-state index in [1.165, 1.54) is 0 Å². The van der Waals surface area contributed by atoms with Gasteiger partial charge in [-0.05, 0) is 53.9 Å². The van der Waals surface area contributed by atoms with Crippen LogP contribution in [0, 0.1) is 12.7 Å². The summed E-state index contributed by atoms with van der Waals surface area (Å²) in [4.78, 5) is 0. The van der Waals surface area contributed by atoms with Crippen LogP contribution in [0.25, 0.3) is 11.1 Å². The zero-order chi connectivity index (χ0) is 13.8. The quantitative estimate of drug-likeness (QED) is 0.864. The summed E-state index contributed by atoms with van der Waals surface area (Å²) in [6.45, 7) is 5.42. The molecule has 1 nitrogen and oxygen atoms in total. The molecule has 0 fully saturated rings. The second kappa shape index (κ2) is 6.18. The Morgan fingerprint density at radius 1 is 1.11 bits per heavy atom. The Balaban J connectivity index is 2.36. The summed E-state index contributed by atoms with van der Waals surface area (Å²) in [6.07, 6.45) is 0. The van der Waals surface area contributed by atoms with Gasteiger partial charge in [-0.3, -0.25) is 0 Å². The molecule has 0 aliphatic heterocycles. The van der Waals surface area contributed by atoms with Crippen molar-refractivity contribution < 1.29 is 4.39 Å². The van der Waals surface area contributed by atoms with Crippen LogP contribution < -0.4 is 5.32 Å². The van der Waals surface area contributed by atoms with Gasteiger partial charge in [0.2, 0.25) is 0 Å². The van der Waals surface area contributed by atoms with Crippen molar-refractivity contribution in [1.29, 1.82) is 0 Å². The summed E-state index contributed by atoms with van der Waals surface area (Å²) in [5.41, 5.74) is 3.54. The van der Waals surface area contributed by atoms with Gasteiger partial charge >= 0.3 is 0 Å². The molecule has 0 aliphatic carbocycles. The van der Waals surface area contributed by atoms with Crippen molar-refractivity contribution in [1.82, 2.24) is 5.32 Å². The van der Waals surface area contributed by atoms with Crippen LogP contribution in [0.3, 0.4) is 0 Å². The van der Waals surface area contributed by atoms with E-state index in [2.05, 4.69) is 5.32 Å². The standard InChI is InChI=1S/C16H17ClFN/c1-3-19-10-14-8-12(6-7-15(14)17)13-5-4-11(2)16(18)9-13/h4-9,19H,3,10H2,1-2H3. The maximum Gasteiger partial charge on any atom is 0.126 e. The molecule has 0 saturated heterocycles. The van der Waals surface area contributed by atoms with E-state index < -0.39 is 0 Å². The zero-order valence-corrected chi connectivity index (χ0v) is 11.9. The number of hydrogen-bond acceptors (Lipinski definition) is 1. The predicted molar refractivity (Wildman–Crippen MR) is 79.0 cm³/mol. The Bertz CT molecular complexity index is 581. The first kappa shape index (κ1) is 14.0. The first-order valence-corrected chi connectivity index (χ1v) is 6.75. The van der Waals surface area contributed by atoms with E-state index in [1.54, 1.807) is 19.1 Å². The third-order valence-electron chi connectivity index (χ3n) is 3.12. The van der Waals surface area contributed by atoms with E-state index in [0.29, 0.717) is 5.56 Å². The fraction of sp³-hybridized carbons (Fsp3) is 0.250. The van der Waals surface area contributed by atoms with Crippen molar-refractivity contribution in [2.24, 2.45) is 0 Å². The molecule has 3 heteroatoms. The van der Waals surface area contributed by atoms with Crippen LogP contribution in [0.1, 0.15) is 18.1 Å². The Hall–Kier alpha value is -1.38. The Labute approximate surface area is 118 Å². The van der Waals surface area contributed by atoms with Gasteiger partial charge in [0, 0.05) is 11.6 Å². The van der Waals surface area contributed by atoms with Crippen molar-refractivity contribution in [3.8, 4) is 11.1 Å². The Kier molecular flexibility index (Phi) is 4.56. The van der Waals surface area contributed by atoms with Crippen LogP contribution in [0.2, 0.25) is 5.02 Å². The van der Waals surface area contributed by atoms with Gasteiger partial charge in [0.1, 0.15) is 5.82 Å². The zero-order valence-electron chi connectivity index (χ0n) is 11.1. The molecule has 0 aliphatic rings. The lowest BCUT2D eigenvalue weighted by Gasteiger charge is -2.09. The van der Waals surface area contributed by atoms with Crippen LogP contribution in [-0.4, -0.2) is 6.54 Å². The van der Waals surface area contributed by atoms with E-state index in [0.717, 1.165) is 34.8 Å². The van der Waals surface area contributed by atoms with Gasteiger partial charge < -0.3 is 5.32 Å². The van der Waals surface area contributed by atoms with E-state index >= 15 is 0 Å². The number of rotatable bonds is 4. The number of hydrogen-bond donors (Lipinski definition) is 1. The van der Waals surface area contributed by atoms with Gasteiger partial charge in [0.15, 0.2) is 0 Å². The number of halogens is 2. The van der Waals surface area contributed by atoms with Crippen molar-refractivity contribution in [2.45, 2.75) is 20.4 Å². The van der Waals surface area contributed by atoms with Crippen LogP contribution in [0.4, 0.5) is 4.39 Å². The summed E-state index contributed by atoms with van der Waals surface area (Å²) < 4.78 is 13.6. The molecule has 19 heavy (non-hydrogen) atoms. The molecule has 0 radical (unpaired) electrons. The monoisotopic (exact) mass is 277 g/mol. The van der Waals surface area contributed by atoms with Gasteiger partial charge in [0.05, 0.1) is 0 Å². The minimum absolute atomic E-state index is 0.180. The van der Waals surface area contributed by atoms with Gasteiger partial charge in [-0.15, -0.1) is 0 Å². The van der Waals surface area contributed by atoms with Crippen molar-refractivity contribution in [3.63, 3.8) is 0 Å². The molecular formula is C16H17ClFN. The first-order chi connectivity index (χ1) is 9.11. The van der Waals surface area contributed by atoms with Crippen molar-refractivity contribution in [3.05, 3.63) is 58.4 Å². The van der Waals surface area contributed by atoms with Gasteiger partial charge in [0.25, 0.3) is 0 Å². The summed E-state index contributed by atoms with van der Waals surface area (Å²) >= 11 is 6.16. The van der Waals surface area contributed by atoms with Gasteiger partial charge in [-0.2, -0.15) is 0 Å². The molecule has 0 bridgehead atoms. The molecule has 2 rings (SSSR count). The molecule has 100 valence electrons. The largest absolute Gasteiger partial charge is 0.313 e. The SMILES string of the molecule is CCNCc1cc(-c2ccc(C)c(F)c2)ccc1Cl. The molecule has 0 atom stereocenters. The van der Waals surface area contributed by atoms with Crippen LogP contribution >= 0.6 is 11.6 Å². The molecule has 2 aromatic rings. The first-order valence-electron chi connectivity index (χ1n) is 6.37. The second-order valence-electron chi connectivity index (χ2n) is 4.55. The smallest absolute Gasteiger partial charge is 0.126 e. The molecule has 0 amide bonds. The highest BCUT2D eigenvalue weighted by molar-refractivity contribution is 6.31. The summed E-state index contributed by atoms with van der Waals surface area (Å²) in [7, 11) is 0. The molecule has 0 heterocycles. The van der Waals surface area contributed by atoms with E-state index in [9.17, 15) is 4.39 Å². The van der Waals surface area contributed by atoms with Crippen molar-refractivity contribution in [2.75, 3.05) is 6.54 Å². The lowest BCUT2D eigenvalue weighted by Crippen LogP contribution is -2.12. The summed E-state index contributed by atoms with van der Waals surface area (Å²) in [6, 6.07) is 11.1. The van der Waals surface area contributed by atoms with E-state index in [4.69, 9.17) is 11.6 Å². The molecule has 2 aromatic carbocycles. The topological polar surface area (TPSA) is 12.0 Å².